The molecule has 0 aromatic heterocycles. The molecule has 2 heterocycles. The third kappa shape index (κ3) is 7.06. The highest BCUT2D eigenvalue weighted by atomic mass is 16.6. The Labute approximate surface area is 431 Å². The second-order valence-corrected chi connectivity index (χ2v) is 28.1. The first-order chi connectivity index (χ1) is 34.2. The summed E-state index contributed by atoms with van der Waals surface area (Å²) in [6.45, 7) is 15.3. The third-order valence-corrected chi connectivity index (χ3v) is 24.2. The zero-order valence-electron chi connectivity index (χ0n) is 45.0. The van der Waals surface area contributed by atoms with E-state index in [2.05, 4.69) is 69.5 Å². The fourth-order valence-electron chi connectivity index (χ4n) is 21.5. The van der Waals surface area contributed by atoms with Gasteiger partial charge in [-0.3, -0.25) is 9.59 Å². The highest BCUT2D eigenvalue weighted by Gasteiger charge is 2.79. The van der Waals surface area contributed by atoms with E-state index in [0.29, 0.717) is 67.6 Å². The molecular formula is C63H89N3O6. The number of benzene rings is 2. The van der Waals surface area contributed by atoms with Crippen molar-refractivity contribution in [3.05, 3.63) is 70.3 Å². The van der Waals surface area contributed by atoms with Crippen LogP contribution in [0.15, 0.2) is 53.6 Å². The van der Waals surface area contributed by atoms with E-state index in [1.54, 1.807) is 0 Å². The van der Waals surface area contributed by atoms with Gasteiger partial charge in [-0.25, -0.2) is 0 Å². The number of allylic oxidation sites excluding steroid dienone is 2. The number of aliphatic hydroxyl groups is 2. The maximum atomic E-state index is 16.2. The Morgan fingerprint density at radius 1 is 0.861 bits per heavy atom. The monoisotopic (exact) mass is 984 g/mol. The van der Waals surface area contributed by atoms with Gasteiger partial charge in [0.05, 0.1) is 22.7 Å². The average molecular weight is 984 g/mol. The number of Topliss-reactive ketones (excluding diaryl/α,β-unsaturated/α-hetero) is 2. The predicted molar refractivity (Wildman–Crippen MR) is 283 cm³/mol. The number of aliphatic hydroxyl groups excluding tert-OH is 1. The first-order valence-electron chi connectivity index (χ1n) is 29.2. The standard InChI is InChI=1S/C63H89N3O6/c1-56(71)24-10-11-25-57(2)54-58(3)34-62(55(57)70,40-28-37(33-65-7)29-42(67)31-40)26-27-63(54,66-36-56)35-60(5)49(58)23-22-47-51(48(68)32-59(47,60)4)50-44-17-9-8-14-38(44)20-21-45(50)52(69)53-61(6,72-53)46-19-13-18-43(46)39-15-12-16-41(64)30-39/h12,15-16,28-31,38,43-46,49-50,52-54,65-67,69,71H,8-11,13-14,17-27,32-36,64H2,1-7H3/t38-,43-,44-,45+,46+,49+,50+,52+,53+,54-,56+,57+,58-,59-,60-,61+,62-,63-/m0/s1. The molecule has 392 valence electrons. The lowest BCUT2D eigenvalue weighted by Crippen LogP contribution is -2.75. The number of nitrogens with one attached hydrogen (secondary N) is 2. The van der Waals surface area contributed by atoms with Crippen molar-refractivity contribution in [1.29, 1.82) is 0 Å². The Balaban J connectivity index is 0.960. The minimum absolute atomic E-state index is 0.0181. The zero-order valence-corrected chi connectivity index (χ0v) is 45.0. The van der Waals surface area contributed by atoms with Crippen LogP contribution in [0.25, 0.3) is 0 Å². The van der Waals surface area contributed by atoms with Crippen LogP contribution in [0.2, 0.25) is 0 Å². The molecule has 2 aromatic carbocycles. The Morgan fingerprint density at radius 2 is 1.65 bits per heavy atom. The van der Waals surface area contributed by atoms with E-state index in [9.17, 15) is 15.3 Å². The van der Waals surface area contributed by atoms with Crippen LogP contribution >= 0.6 is 0 Å². The highest BCUT2D eigenvalue weighted by molar-refractivity contribution is 6.01. The van der Waals surface area contributed by atoms with Gasteiger partial charge in [-0.2, -0.15) is 0 Å². The van der Waals surface area contributed by atoms with Crippen molar-refractivity contribution in [2.75, 3.05) is 19.3 Å². The van der Waals surface area contributed by atoms with Crippen LogP contribution in [-0.2, 0) is 26.3 Å². The molecule has 0 unspecified atom stereocenters. The summed E-state index contributed by atoms with van der Waals surface area (Å²) in [5.41, 5.74) is 8.67. The van der Waals surface area contributed by atoms with Gasteiger partial charge in [-0.1, -0.05) is 90.0 Å². The topological polar surface area (TPSA) is 157 Å². The fraction of sp³-hybridized carbons (Fsp3) is 0.746. The van der Waals surface area contributed by atoms with Crippen LogP contribution in [0, 0.1) is 63.1 Å². The maximum absolute atomic E-state index is 16.2. The molecule has 9 aliphatic carbocycles. The van der Waals surface area contributed by atoms with Crippen molar-refractivity contribution in [2.24, 2.45) is 63.1 Å². The maximum Gasteiger partial charge on any atom is 0.160 e. The summed E-state index contributed by atoms with van der Waals surface area (Å²) < 4.78 is 6.88. The number of nitrogen functional groups attached to an aromatic ring is 1. The Bertz CT molecular complexity index is 2560. The largest absolute Gasteiger partial charge is 0.508 e. The number of phenols is 1. The number of ether oxygens (including phenoxy) is 1. The highest BCUT2D eigenvalue weighted by Crippen LogP contribution is 2.80. The summed E-state index contributed by atoms with van der Waals surface area (Å²) in [7, 11) is 1.93. The Morgan fingerprint density at radius 3 is 2.44 bits per heavy atom. The minimum Gasteiger partial charge on any atom is -0.508 e. The number of hydrogen-bond donors (Lipinski definition) is 6. The summed E-state index contributed by atoms with van der Waals surface area (Å²) in [6.07, 6.45) is 17.8. The molecule has 13 rings (SSSR count). The van der Waals surface area contributed by atoms with Crippen molar-refractivity contribution in [3.8, 4) is 5.75 Å². The molecule has 18 atom stereocenters. The number of anilines is 1. The third-order valence-electron chi connectivity index (χ3n) is 24.2. The van der Waals surface area contributed by atoms with Gasteiger partial charge >= 0.3 is 0 Å². The fourth-order valence-corrected chi connectivity index (χ4v) is 21.5. The molecule has 9 heteroatoms. The van der Waals surface area contributed by atoms with Gasteiger partial charge in [-0.05, 0) is 209 Å². The number of carbonyl (C=O) groups excluding carboxylic acids is 2. The Kier molecular flexibility index (Phi) is 11.7. The number of hydrogen-bond acceptors (Lipinski definition) is 9. The van der Waals surface area contributed by atoms with Gasteiger partial charge in [0, 0.05) is 41.6 Å². The van der Waals surface area contributed by atoms with Crippen LogP contribution < -0.4 is 16.4 Å². The SMILES string of the molecule is CNCc1cc(O)cc([C@]23CC[C@]45C[C@@]6(C)[C@H](CCC7=C([C@@H]8[C@H]9CCCC[C@H]9CC[C@H]8[C@@H](O)[C@H]8O[C@]8(C)[C@@H]8CCC[C@H]8c8cccc(N)c8)C(=O)C[C@@]76C)[C@](C)(C2)[C@@H]4[C@@](C)(CCCC[C@@](C)(O)CN5)C3=O)c1. The second-order valence-electron chi connectivity index (χ2n) is 28.1. The number of rotatable bonds is 8. The van der Waals surface area contributed by atoms with E-state index in [0.717, 1.165) is 112 Å². The van der Waals surface area contributed by atoms with Crippen molar-refractivity contribution >= 4 is 17.3 Å². The number of β-amino-alcohol motifs (C(OH)–C–C–N with tert-alkyl or cyclic N) is 1. The number of epoxide rings is 1. The van der Waals surface area contributed by atoms with Crippen LogP contribution in [0.4, 0.5) is 5.69 Å². The van der Waals surface area contributed by atoms with Crippen molar-refractivity contribution in [3.63, 3.8) is 0 Å². The lowest BCUT2D eigenvalue weighted by Gasteiger charge is -2.73. The molecule has 7 N–H and O–H groups in total. The summed E-state index contributed by atoms with van der Waals surface area (Å²) in [5.74, 6) is 2.77. The van der Waals surface area contributed by atoms with Gasteiger partial charge in [0.25, 0.3) is 0 Å². The van der Waals surface area contributed by atoms with Gasteiger partial charge in [0.1, 0.15) is 17.6 Å². The molecule has 72 heavy (non-hydrogen) atoms. The molecule has 5 bridgehead atoms. The quantitative estimate of drug-likeness (QED) is 0.112. The molecule has 2 aromatic rings. The molecule has 11 aliphatic rings. The van der Waals surface area contributed by atoms with Crippen LogP contribution in [0.5, 0.6) is 5.75 Å². The number of carbonyl (C=O) groups is 2. The smallest absolute Gasteiger partial charge is 0.160 e. The number of fused-ring (bicyclic) bond motifs is 5. The zero-order chi connectivity index (χ0) is 50.6. The number of ketones is 2. The molecule has 0 spiro atoms. The van der Waals surface area contributed by atoms with Gasteiger partial charge in [-0.15, -0.1) is 0 Å². The van der Waals surface area contributed by atoms with Crippen LogP contribution in [0.3, 0.4) is 0 Å². The first kappa shape index (κ1) is 49.8. The van der Waals surface area contributed by atoms with E-state index in [4.69, 9.17) is 10.5 Å². The molecular weight excluding hydrogens is 895 g/mol. The molecule has 0 amide bonds. The van der Waals surface area contributed by atoms with E-state index in [1.807, 2.05) is 32.2 Å². The van der Waals surface area contributed by atoms with Gasteiger partial charge in [0.2, 0.25) is 0 Å². The first-order valence-corrected chi connectivity index (χ1v) is 29.2. The summed E-state index contributed by atoms with van der Waals surface area (Å²) in [6, 6.07) is 14.4. The van der Waals surface area contributed by atoms with E-state index < -0.39 is 39.1 Å². The van der Waals surface area contributed by atoms with Crippen LogP contribution in [0.1, 0.15) is 193 Å². The van der Waals surface area contributed by atoms with Crippen molar-refractivity contribution in [1.82, 2.24) is 10.6 Å². The van der Waals surface area contributed by atoms with Crippen LogP contribution in [-0.4, -0.2) is 69.4 Å². The normalized spacial score (nSPS) is 48.1. The van der Waals surface area contributed by atoms with E-state index in [-0.39, 0.29) is 46.4 Å². The minimum atomic E-state index is -0.892. The summed E-state index contributed by atoms with van der Waals surface area (Å²) >= 11 is 0. The van der Waals surface area contributed by atoms with Gasteiger partial charge < -0.3 is 36.4 Å². The number of aromatic hydroxyl groups is 1. The summed E-state index contributed by atoms with van der Waals surface area (Å²) in [5, 5.41) is 44.1. The molecule has 2 saturated heterocycles. The van der Waals surface area contributed by atoms with Crippen molar-refractivity contribution < 1.29 is 29.6 Å². The van der Waals surface area contributed by atoms with E-state index >= 15 is 9.59 Å². The number of phenolic OH excluding ortho intramolecular Hbond substituents is 1. The molecule has 0 radical (unpaired) electrons. The number of nitrogens with two attached hydrogens (primary N) is 1. The molecule has 2 aliphatic heterocycles. The second kappa shape index (κ2) is 17.0. The molecule has 10 fully saturated rings. The lowest BCUT2D eigenvalue weighted by molar-refractivity contribution is -0.218. The van der Waals surface area contributed by atoms with E-state index in [1.165, 1.54) is 30.4 Å². The average Bonchev–Trinajstić information content (AvgIpc) is 3.68. The van der Waals surface area contributed by atoms with Crippen molar-refractivity contribution in [2.45, 2.75) is 217 Å². The predicted octanol–water partition coefficient (Wildman–Crippen LogP) is 11.0. The molecule has 9 nitrogen and oxygen atoms in total. The Hall–Kier alpha value is -3.08. The lowest BCUT2D eigenvalue weighted by atomic mass is 9.31. The van der Waals surface area contributed by atoms with Gasteiger partial charge in [0.15, 0.2) is 5.78 Å². The molecule has 8 saturated carbocycles. The summed E-state index contributed by atoms with van der Waals surface area (Å²) in [4.78, 5) is 32.0.